The zero-order valence-corrected chi connectivity index (χ0v) is 15.6. The molecule has 0 bridgehead atoms. The van der Waals surface area contributed by atoms with Crippen LogP contribution in [0.15, 0.2) is 0 Å². The molecule has 0 aliphatic heterocycles. The molecule has 8 N–H and O–H groups in total. The minimum Gasteiger partial charge on any atom is -0.354 e. The van der Waals surface area contributed by atoms with Gasteiger partial charge in [-0.3, -0.25) is 19.2 Å². The van der Waals surface area contributed by atoms with Crippen LogP contribution in [0.1, 0.15) is 39.5 Å². The average molecular weight is 372 g/mol. The van der Waals surface area contributed by atoms with E-state index in [0.29, 0.717) is 13.1 Å². The van der Waals surface area contributed by atoms with Gasteiger partial charge >= 0.3 is 0 Å². The Morgan fingerprint density at radius 2 is 1.04 bits per heavy atom. The Morgan fingerprint density at radius 3 is 1.35 bits per heavy atom. The summed E-state index contributed by atoms with van der Waals surface area (Å²) < 4.78 is 0. The summed E-state index contributed by atoms with van der Waals surface area (Å²) in [5.74, 6) is -1.22. The number of rotatable bonds is 13. The number of amides is 4. The van der Waals surface area contributed by atoms with Crippen LogP contribution in [0.2, 0.25) is 0 Å². The minimum absolute atomic E-state index is 0.147. The van der Waals surface area contributed by atoms with E-state index in [1.807, 2.05) is 0 Å². The normalized spacial score (nSPS) is 12.6. The van der Waals surface area contributed by atoms with Gasteiger partial charge in [-0.15, -0.1) is 0 Å². The highest BCUT2D eigenvalue weighted by Gasteiger charge is 2.14. The van der Waals surface area contributed by atoms with Crippen LogP contribution < -0.4 is 32.7 Å². The maximum atomic E-state index is 11.7. The van der Waals surface area contributed by atoms with E-state index in [1.165, 1.54) is 0 Å². The van der Waals surface area contributed by atoms with Gasteiger partial charge in [0.1, 0.15) is 12.1 Å². The lowest BCUT2D eigenvalue weighted by Gasteiger charge is -2.14. The topological polar surface area (TPSA) is 168 Å². The Labute approximate surface area is 154 Å². The molecule has 0 aliphatic rings. The zero-order chi connectivity index (χ0) is 19.9. The third-order valence-electron chi connectivity index (χ3n) is 3.61. The SMILES string of the molecule is C[C@H](NC(=O)CN)C(=O)NCCCCCCNC(=O)[C@H](C)NC(=O)CN. The van der Waals surface area contributed by atoms with Gasteiger partial charge in [-0.2, -0.15) is 0 Å². The highest BCUT2D eigenvalue weighted by molar-refractivity contribution is 5.88. The smallest absolute Gasteiger partial charge is 0.242 e. The summed E-state index contributed by atoms with van der Waals surface area (Å²) in [6.45, 7) is 3.95. The van der Waals surface area contributed by atoms with Crippen molar-refractivity contribution in [1.29, 1.82) is 0 Å². The molecule has 0 heterocycles. The summed E-state index contributed by atoms with van der Waals surface area (Å²) >= 11 is 0. The predicted molar refractivity (Wildman–Crippen MR) is 97.8 cm³/mol. The summed E-state index contributed by atoms with van der Waals surface area (Å²) in [5.41, 5.74) is 10.3. The van der Waals surface area contributed by atoms with Gasteiger partial charge in [-0.1, -0.05) is 12.8 Å². The first-order valence-corrected chi connectivity index (χ1v) is 8.86. The largest absolute Gasteiger partial charge is 0.354 e. The monoisotopic (exact) mass is 372 g/mol. The van der Waals surface area contributed by atoms with Crippen LogP contribution in [0.4, 0.5) is 0 Å². The molecule has 0 spiro atoms. The summed E-state index contributed by atoms with van der Waals surface area (Å²) in [6, 6.07) is -1.22. The van der Waals surface area contributed by atoms with Gasteiger partial charge in [0.2, 0.25) is 23.6 Å². The lowest BCUT2D eigenvalue weighted by molar-refractivity contribution is -0.127. The van der Waals surface area contributed by atoms with Crippen LogP contribution in [-0.2, 0) is 19.2 Å². The number of nitrogens with one attached hydrogen (secondary N) is 4. The van der Waals surface area contributed by atoms with Gasteiger partial charge in [-0.25, -0.2) is 0 Å². The number of carbonyl (C=O) groups is 4. The van der Waals surface area contributed by atoms with Crippen molar-refractivity contribution in [2.24, 2.45) is 11.5 Å². The molecule has 0 unspecified atom stereocenters. The van der Waals surface area contributed by atoms with Gasteiger partial charge in [0.15, 0.2) is 0 Å². The van der Waals surface area contributed by atoms with Crippen molar-refractivity contribution in [1.82, 2.24) is 21.3 Å². The molecule has 0 aliphatic carbocycles. The Balaban J connectivity index is 3.64. The predicted octanol–water partition coefficient (Wildman–Crippen LogP) is -2.29. The highest BCUT2D eigenvalue weighted by atomic mass is 16.2. The van der Waals surface area contributed by atoms with E-state index in [-0.39, 0.29) is 36.7 Å². The number of hydrogen-bond acceptors (Lipinski definition) is 6. The number of nitrogens with two attached hydrogens (primary N) is 2. The second-order valence-electron chi connectivity index (χ2n) is 5.98. The molecular formula is C16H32N6O4. The van der Waals surface area contributed by atoms with E-state index in [0.717, 1.165) is 25.7 Å². The molecule has 26 heavy (non-hydrogen) atoms. The molecule has 0 aromatic carbocycles. The van der Waals surface area contributed by atoms with Gasteiger partial charge in [0, 0.05) is 13.1 Å². The molecule has 0 radical (unpaired) electrons. The second-order valence-corrected chi connectivity index (χ2v) is 5.98. The fraction of sp³-hybridized carbons (Fsp3) is 0.750. The van der Waals surface area contributed by atoms with E-state index in [4.69, 9.17) is 11.5 Å². The van der Waals surface area contributed by atoms with E-state index in [2.05, 4.69) is 21.3 Å². The third kappa shape index (κ3) is 11.4. The van der Waals surface area contributed by atoms with Crippen LogP contribution in [0.3, 0.4) is 0 Å². The Bertz CT molecular complexity index is 430. The van der Waals surface area contributed by atoms with Gasteiger partial charge in [-0.05, 0) is 26.7 Å². The first-order valence-electron chi connectivity index (χ1n) is 8.86. The van der Waals surface area contributed by atoms with E-state index < -0.39 is 12.1 Å². The van der Waals surface area contributed by atoms with Crippen molar-refractivity contribution in [2.45, 2.75) is 51.6 Å². The third-order valence-corrected chi connectivity index (χ3v) is 3.61. The van der Waals surface area contributed by atoms with Crippen LogP contribution >= 0.6 is 0 Å². The van der Waals surface area contributed by atoms with Crippen LogP contribution in [0.5, 0.6) is 0 Å². The summed E-state index contributed by atoms with van der Waals surface area (Å²) in [4.78, 5) is 45.6. The van der Waals surface area contributed by atoms with Gasteiger partial charge in [0.25, 0.3) is 0 Å². The second kappa shape index (κ2) is 14.0. The van der Waals surface area contributed by atoms with Crippen molar-refractivity contribution in [3.63, 3.8) is 0 Å². The molecule has 0 saturated heterocycles. The molecule has 2 atom stereocenters. The summed E-state index contributed by atoms with van der Waals surface area (Å²) in [6.07, 6.45) is 3.42. The Hall–Kier alpha value is -2.20. The van der Waals surface area contributed by atoms with E-state index in [1.54, 1.807) is 13.8 Å². The van der Waals surface area contributed by atoms with Crippen molar-refractivity contribution >= 4 is 23.6 Å². The molecule has 10 heteroatoms. The molecule has 0 aromatic heterocycles. The summed E-state index contributed by atoms with van der Waals surface area (Å²) in [5, 5.41) is 10.5. The standard InChI is InChI=1S/C16H32N6O4/c1-11(21-13(23)9-17)15(25)19-7-5-3-4-6-8-20-16(26)12(2)22-14(24)10-18/h11-12H,3-10,17-18H2,1-2H3,(H,19,25)(H,20,26)(H,21,23)(H,22,24)/t11-,12-/m0/s1. The van der Waals surface area contributed by atoms with Crippen LogP contribution in [0.25, 0.3) is 0 Å². The van der Waals surface area contributed by atoms with Crippen molar-refractivity contribution in [3.05, 3.63) is 0 Å². The quantitative estimate of drug-likeness (QED) is 0.199. The molecule has 10 nitrogen and oxygen atoms in total. The fourth-order valence-corrected chi connectivity index (χ4v) is 2.06. The number of unbranched alkanes of at least 4 members (excludes halogenated alkanes) is 3. The first kappa shape index (κ1) is 23.8. The molecular weight excluding hydrogens is 340 g/mol. The van der Waals surface area contributed by atoms with Crippen molar-refractivity contribution in [3.8, 4) is 0 Å². The first-order chi connectivity index (χ1) is 12.3. The van der Waals surface area contributed by atoms with Crippen LogP contribution in [0, 0.1) is 0 Å². The molecule has 0 saturated carbocycles. The summed E-state index contributed by atoms with van der Waals surface area (Å²) in [7, 11) is 0. The van der Waals surface area contributed by atoms with Gasteiger partial charge in [0.05, 0.1) is 13.1 Å². The minimum atomic E-state index is -0.608. The number of hydrogen-bond donors (Lipinski definition) is 6. The lowest BCUT2D eigenvalue weighted by atomic mass is 10.2. The maximum absolute atomic E-state index is 11.7. The molecule has 0 rings (SSSR count). The fourth-order valence-electron chi connectivity index (χ4n) is 2.06. The molecule has 4 amide bonds. The molecule has 0 fully saturated rings. The van der Waals surface area contributed by atoms with Crippen molar-refractivity contribution < 1.29 is 19.2 Å². The van der Waals surface area contributed by atoms with Crippen LogP contribution in [-0.4, -0.2) is 61.9 Å². The molecule has 150 valence electrons. The Morgan fingerprint density at radius 1 is 0.692 bits per heavy atom. The van der Waals surface area contributed by atoms with Gasteiger partial charge < -0.3 is 32.7 Å². The number of carbonyl (C=O) groups excluding carboxylic acids is 4. The average Bonchev–Trinajstić information content (AvgIpc) is 2.62. The maximum Gasteiger partial charge on any atom is 0.242 e. The lowest BCUT2D eigenvalue weighted by Crippen LogP contribution is -2.46. The zero-order valence-electron chi connectivity index (χ0n) is 15.6. The molecule has 0 aromatic rings. The van der Waals surface area contributed by atoms with E-state index in [9.17, 15) is 19.2 Å². The van der Waals surface area contributed by atoms with Crippen molar-refractivity contribution in [2.75, 3.05) is 26.2 Å². The van der Waals surface area contributed by atoms with E-state index >= 15 is 0 Å². The highest BCUT2D eigenvalue weighted by Crippen LogP contribution is 1.98. The Kier molecular flexibility index (Phi) is 12.8.